The van der Waals surface area contributed by atoms with E-state index >= 15 is 0 Å². The third kappa shape index (κ3) is 6.52. The van der Waals surface area contributed by atoms with E-state index in [1.807, 2.05) is 37.3 Å². The zero-order valence-electron chi connectivity index (χ0n) is 18.6. The molecule has 0 fully saturated rings. The number of sulfone groups is 1. The Kier molecular flexibility index (Phi) is 7.80. The van der Waals surface area contributed by atoms with E-state index in [9.17, 15) is 22.8 Å². The molecule has 0 aliphatic heterocycles. The highest BCUT2D eigenvalue weighted by molar-refractivity contribution is 7.90. The lowest BCUT2D eigenvalue weighted by Gasteiger charge is -2.16. The first-order chi connectivity index (χ1) is 16.1. The van der Waals surface area contributed by atoms with Gasteiger partial charge in [-0.1, -0.05) is 48.5 Å². The van der Waals surface area contributed by atoms with Gasteiger partial charge in [-0.15, -0.1) is 0 Å². The monoisotopic (exact) mass is 480 g/mol. The standard InChI is InChI=1S/C25H24N2O6S/c1-17(18-9-4-3-5-10-18)26-24(29)21-13-6-7-14-22(21)27-23(28)16-33-25(30)19-11-8-12-20(15-19)34(2,31)32/h3-15,17H,16H2,1-2H3,(H,26,29)(H,27,28). The van der Waals surface area contributed by atoms with Gasteiger partial charge in [0.2, 0.25) is 0 Å². The lowest BCUT2D eigenvalue weighted by Crippen LogP contribution is -2.28. The molecule has 0 radical (unpaired) electrons. The minimum atomic E-state index is -3.50. The molecule has 1 unspecified atom stereocenters. The van der Waals surface area contributed by atoms with Gasteiger partial charge in [-0.05, 0) is 42.8 Å². The van der Waals surface area contributed by atoms with Crippen molar-refractivity contribution in [1.82, 2.24) is 5.32 Å². The summed E-state index contributed by atoms with van der Waals surface area (Å²) < 4.78 is 28.3. The predicted molar refractivity (Wildman–Crippen MR) is 127 cm³/mol. The number of para-hydroxylation sites is 1. The second-order valence-electron chi connectivity index (χ2n) is 7.58. The van der Waals surface area contributed by atoms with Crippen molar-refractivity contribution in [2.75, 3.05) is 18.2 Å². The number of nitrogens with one attached hydrogen (secondary N) is 2. The van der Waals surface area contributed by atoms with E-state index in [4.69, 9.17) is 4.74 Å². The molecule has 8 nitrogen and oxygen atoms in total. The van der Waals surface area contributed by atoms with Crippen LogP contribution in [0.1, 0.15) is 39.2 Å². The predicted octanol–water partition coefficient (Wildman–Crippen LogP) is 3.38. The van der Waals surface area contributed by atoms with Crippen LogP contribution in [-0.2, 0) is 19.4 Å². The number of anilines is 1. The maximum atomic E-state index is 12.8. The number of benzene rings is 3. The first-order valence-electron chi connectivity index (χ1n) is 10.4. The summed E-state index contributed by atoms with van der Waals surface area (Å²) in [5.74, 6) is -1.87. The van der Waals surface area contributed by atoms with Crippen LogP contribution in [0, 0.1) is 0 Å². The van der Waals surface area contributed by atoms with Crippen molar-refractivity contribution < 1.29 is 27.5 Å². The van der Waals surface area contributed by atoms with Crippen LogP contribution in [0.5, 0.6) is 0 Å². The second-order valence-corrected chi connectivity index (χ2v) is 9.59. The summed E-state index contributed by atoms with van der Waals surface area (Å²) in [6.45, 7) is 1.24. The van der Waals surface area contributed by atoms with Gasteiger partial charge in [0.05, 0.1) is 27.8 Å². The van der Waals surface area contributed by atoms with Crippen LogP contribution in [0.25, 0.3) is 0 Å². The number of ether oxygens (including phenoxy) is 1. The summed E-state index contributed by atoms with van der Waals surface area (Å²) in [6.07, 6.45) is 1.03. The molecule has 0 saturated heterocycles. The second kappa shape index (κ2) is 10.8. The van der Waals surface area contributed by atoms with Gasteiger partial charge in [0.15, 0.2) is 16.4 Å². The Balaban J connectivity index is 1.62. The fourth-order valence-corrected chi connectivity index (χ4v) is 3.81. The van der Waals surface area contributed by atoms with E-state index in [1.54, 1.807) is 24.3 Å². The average Bonchev–Trinajstić information content (AvgIpc) is 2.83. The zero-order valence-corrected chi connectivity index (χ0v) is 19.5. The van der Waals surface area contributed by atoms with Crippen LogP contribution < -0.4 is 10.6 Å². The van der Waals surface area contributed by atoms with E-state index < -0.39 is 28.3 Å². The first kappa shape index (κ1) is 24.7. The molecular formula is C25H24N2O6S. The highest BCUT2D eigenvalue weighted by Crippen LogP contribution is 2.18. The number of carbonyl (C=O) groups is 3. The molecule has 0 heterocycles. The van der Waals surface area contributed by atoms with E-state index in [0.717, 1.165) is 11.8 Å². The molecule has 0 aromatic heterocycles. The molecule has 0 bridgehead atoms. The van der Waals surface area contributed by atoms with Crippen LogP contribution in [0.4, 0.5) is 5.69 Å². The zero-order chi connectivity index (χ0) is 24.7. The van der Waals surface area contributed by atoms with E-state index in [0.29, 0.717) is 0 Å². The van der Waals surface area contributed by atoms with Gasteiger partial charge in [-0.25, -0.2) is 13.2 Å². The number of amides is 2. The summed E-state index contributed by atoms with van der Waals surface area (Å²) in [7, 11) is -3.50. The fourth-order valence-electron chi connectivity index (χ4n) is 3.14. The maximum absolute atomic E-state index is 12.8. The van der Waals surface area contributed by atoms with Crippen molar-refractivity contribution in [1.29, 1.82) is 0 Å². The van der Waals surface area contributed by atoms with Crippen LogP contribution >= 0.6 is 0 Å². The number of esters is 1. The largest absolute Gasteiger partial charge is 0.452 e. The fraction of sp³-hybridized carbons (Fsp3) is 0.160. The molecule has 2 amide bonds. The van der Waals surface area contributed by atoms with E-state index in [2.05, 4.69) is 10.6 Å². The molecule has 1 atom stereocenters. The minimum Gasteiger partial charge on any atom is -0.452 e. The molecule has 34 heavy (non-hydrogen) atoms. The van der Waals surface area contributed by atoms with Gasteiger partial charge >= 0.3 is 5.97 Å². The average molecular weight is 481 g/mol. The highest BCUT2D eigenvalue weighted by atomic mass is 32.2. The van der Waals surface area contributed by atoms with E-state index in [-0.39, 0.29) is 33.7 Å². The molecular weight excluding hydrogens is 456 g/mol. The van der Waals surface area contributed by atoms with Gasteiger partial charge in [0.25, 0.3) is 11.8 Å². The van der Waals surface area contributed by atoms with Crippen LogP contribution in [0.3, 0.4) is 0 Å². The topological polar surface area (TPSA) is 119 Å². The molecule has 0 saturated carbocycles. The van der Waals surface area contributed by atoms with Gasteiger partial charge < -0.3 is 15.4 Å². The molecule has 176 valence electrons. The molecule has 3 aromatic carbocycles. The molecule has 0 aliphatic carbocycles. The Hall–Kier alpha value is -3.98. The van der Waals surface area contributed by atoms with Crippen LogP contribution in [-0.4, -0.2) is 39.1 Å². The van der Waals surface area contributed by atoms with E-state index in [1.165, 1.54) is 24.3 Å². The summed E-state index contributed by atoms with van der Waals surface area (Å²) in [5, 5.41) is 5.46. The Morgan fingerprint density at radius 3 is 2.29 bits per heavy atom. The molecule has 2 N–H and O–H groups in total. The molecule has 9 heteroatoms. The van der Waals surface area contributed by atoms with Gasteiger partial charge in [0.1, 0.15) is 0 Å². The third-order valence-electron chi connectivity index (χ3n) is 4.93. The number of hydrogen-bond donors (Lipinski definition) is 2. The van der Waals surface area contributed by atoms with Crippen molar-refractivity contribution in [2.45, 2.75) is 17.9 Å². The highest BCUT2D eigenvalue weighted by Gasteiger charge is 2.18. The lowest BCUT2D eigenvalue weighted by molar-refractivity contribution is -0.119. The Morgan fingerprint density at radius 1 is 0.912 bits per heavy atom. The SMILES string of the molecule is CC(NC(=O)c1ccccc1NC(=O)COC(=O)c1cccc(S(C)(=O)=O)c1)c1ccccc1. The van der Waals surface area contributed by atoms with Crippen molar-refractivity contribution in [2.24, 2.45) is 0 Å². The van der Waals surface area contributed by atoms with Gasteiger partial charge in [-0.3, -0.25) is 9.59 Å². The van der Waals surface area contributed by atoms with Crippen LogP contribution in [0.15, 0.2) is 83.8 Å². The first-order valence-corrected chi connectivity index (χ1v) is 12.3. The normalized spacial score (nSPS) is 11.8. The van der Waals surface area contributed by atoms with Crippen LogP contribution in [0.2, 0.25) is 0 Å². The number of hydrogen-bond acceptors (Lipinski definition) is 6. The minimum absolute atomic E-state index is 0.00500. The summed E-state index contributed by atoms with van der Waals surface area (Å²) in [6, 6.07) is 21.0. The Morgan fingerprint density at radius 2 is 1.59 bits per heavy atom. The maximum Gasteiger partial charge on any atom is 0.338 e. The number of rotatable bonds is 8. The summed E-state index contributed by atoms with van der Waals surface area (Å²) in [5.41, 5.74) is 1.46. The van der Waals surface area contributed by atoms with Crippen molar-refractivity contribution in [3.63, 3.8) is 0 Å². The molecule has 0 aliphatic rings. The smallest absolute Gasteiger partial charge is 0.338 e. The van der Waals surface area contributed by atoms with Crippen molar-refractivity contribution >= 4 is 33.3 Å². The molecule has 3 aromatic rings. The Labute approximate surface area is 197 Å². The summed E-state index contributed by atoms with van der Waals surface area (Å²) >= 11 is 0. The summed E-state index contributed by atoms with van der Waals surface area (Å²) in [4.78, 5) is 37.4. The lowest BCUT2D eigenvalue weighted by atomic mass is 10.1. The van der Waals surface area contributed by atoms with Crippen molar-refractivity contribution in [3.8, 4) is 0 Å². The Bertz CT molecular complexity index is 1310. The van der Waals surface area contributed by atoms with Gasteiger partial charge in [-0.2, -0.15) is 0 Å². The number of carbonyl (C=O) groups excluding carboxylic acids is 3. The third-order valence-corrected chi connectivity index (χ3v) is 6.04. The molecule has 3 rings (SSSR count). The quantitative estimate of drug-likeness (QED) is 0.477. The van der Waals surface area contributed by atoms with Crippen molar-refractivity contribution in [3.05, 3.63) is 95.6 Å². The van der Waals surface area contributed by atoms with Gasteiger partial charge in [0, 0.05) is 6.26 Å². The molecule has 0 spiro atoms.